The van der Waals surface area contributed by atoms with Gasteiger partial charge in [-0.25, -0.2) is 4.98 Å². The number of carbonyl (C=O) groups excluding carboxylic acids is 1. The number of anilines is 1. The van der Waals surface area contributed by atoms with Crippen LogP contribution < -0.4 is 10.5 Å². The van der Waals surface area contributed by atoms with Crippen LogP contribution in [0.25, 0.3) is 0 Å². The van der Waals surface area contributed by atoms with E-state index in [0.29, 0.717) is 17.3 Å². The third-order valence-corrected chi connectivity index (χ3v) is 5.65. The molecule has 6 nitrogen and oxygen atoms in total. The van der Waals surface area contributed by atoms with Crippen molar-refractivity contribution in [2.24, 2.45) is 5.92 Å². The molecule has 2 aromatic rings. The third-order valence-electron chi connectivity index (χ3n) is 5.65. The van der Waals surface area contributed by atoms with Crippen molar-refractivity contribution in [2.45, 2.75) is 25.4 Å². The summed E-state index contributed by atoms with van der Waals surface area (Å²) in [6.45, 7) is 3.68. The molecule has 1 aromatic heterocycles. The Morgan fingerprint density at radius 3 is 2.67 bits per heavy atom. The summed E-state index contributed by atoms with van der Waals surface area (Å²) in [5, 5.41) is 0. The summed E-state index contributed by atoms with van der Waals surface area (Å²) in [6, 6.07) is 12.0. The van der Waals surface area contributed by atoms with Crippen molar-refractivity contribution in [3.05, 3.63) is 53.7 Å². The van der Waals surface area contributed by atoms with Crippen molar-refractivity contribution >= 4 is 11.7 Å². The van der Waals surface area contributed by atoms with Gasteiger partial charge >= 0.3 is 0 Å². The van der Waals surface area contributed by atoms with Crippen molar-refractivity contribution in [1.29, 1.82) is 0 Å². The summed E-state index contributed by atoms with van der Waals surface area (Å²) in [7, 11) is 1.68. The predicted molar refractivity (Wildman–Crippen MR) is 104 cm³/mol. The number of nitrogens with zero attached hydrogens (tertiary/aromatic N) is 3. The number of hydrogen-bond donors (Lipinski definition) is 1. The SMILES string of the molecule is COc1ccc(CN2C[C@@H]3CC[C@H](C2)N(C(=O)c2ccc(N)nc2)C3)cc1. The van der Waals surface area contributed by atoms with Crippen LogP contribution in [0.2, 0.25) is 0 Å². The van der Waals surface area contributed by atoms with Crippen LogP contribution in [0.3, 0.4) is 0 Å². The van der Waals surface area contributed by atoms with E-state index < -0.39 is 0 Å². The number of ether oxygens (including phenoxy) is 1. The van der Waals surface area contributed by atoms with E-state index in [1.807, 2.05) is 12.1 Å². The highest BCUT2D eigenvalue weighted by atomic mass is 16.5. The Kier molecular flexibility index (Phi) is 4.99. The zero-order valence-corrected chi connectivity index (χ0v) is 15.7. The molecule has 0 unspecified atom stereocenters. The topological polar surface area (TPSA) is 71.7 Å². The monoisotopic (exact) mass is 366 g/mol. The van der Waals surface area contributed by atoms with Gasteiger partial charge in [-0.1, -0.05) is 12.1 Å². The van der Waals surface area contributed by atoms with Gasteiger partial charge in [0.25, 0.3) is 5.91 Å². The maximum atomic E-state index is 13.0. The van der Waals surface area contributed by atoms with Gasteiger partial charge in [0, 0.05) is 38.4 Å². The van der Waals surface area contributed by atoms with Gasteiger partial charge in [0.15, 0.2) is 0 Å². The molecular formula is C21H26N4O2. The summed E-state index contributed by atoms with van der Waals surface area (Å²) in [6.07, 6.45) is 3.84. The molecule has 3 saturated heterocycles. The molecule has 6 heteroatoms. The van der Waals surface area contributed by atoms with Gasteiger partial charge in [-0.2, -0.15) is 0 Å². The van der Waals surface area contributed by atoms with Crippen LogP contribution in [0.1, 0.15) is 28.8 Å². The number of carbonyl (C=O) groups is 1. The van der Waals surface area contributed by atoms with Gasteiger partial charge in [-0.15, -0.1) is 0 Å². The minimum Gasteiger partial charge on any atom is -0.497 e. The smallest absolute Gasteiger partial charge is 0.255 e. The molecule has 3 aliphatic heterocycles. The lowest BCUT2D eigenvalue weighted by Crippen LogP contribution is -2.47. The minimum atomic E-state index is 0.0727. The lowest BCUT2D eigenvalue weighted by atomic mass is 9.94. The van der Waals surface area contributed by atoms with Crippen LogP contribution in [0.5, 0.6) is 5.75 Å². The molecule has 0 aliphatic carbocycles. The molecule has 3 aliphatic rings. The normalized spacial score (nSPS) is 22.5. The number of nitrogens with two attached hydrogens (primary N) is 1. The number of hydrogen-bond acceptors (Lipinski definition) is 5. The summed E-state index contributed by atoms with van der Waals surface area (Å²) in [4.78, 5) is 21.6. The van der Waals surface area contributed by atoms with Crippen molar-refractivity contribution in [3.63, 3.8) is 0 Å². The van der Waals surface area contributed by atoms with Gasteiger partial charge in [0.1, 0.15) is 11.6 Å². The fourth-order valence-corrected chi connectivity index (χ4v) is 4.24. The lowest BCUT2D eigenvalue weighted by molar-refractivity contribution is 0.0584. The second-order valence-corrected chi connectivity index (χ2v) is 7.57. The molecule has 27 heavy (non-hydrogen) atoms. The quantitative estimate of drug-likeness (QED) is 0.900. The van der Waals surface area contributed by atoms with E-state index in [1.165, 1.54) is 12.0 Å². The number of nitrogen functional groups attached to an aromatic ring is 1. The largest absolute Gasteiger partial charge is 0.497 e. The van der Waals surface area contributed by atoms with E-state index >= 15 is 0 Å². The molecule has 5 rings (SSSR count). The average Bonchev–Trinajstić information content (AvgIpc) is 2.99. The van der Waals surface area contributed by atoms with E-state index in [4.69, 9.17) is 10.5 Å². The standard InChI is InChI=1S/C21H26N4O2/c1-27-19-7-3-15(4-8-19)11-24-12-16-2-6-18(14-24)25(13-16)21(26)17-5-9-20(22)23-10-17/h3-5,7-10,16,18H,2,6,11-14H2,1H3,(H2,22,23)/t16-,18+/m0/s1. The Labute approximate surface area is 159 Å². The summed E-state index contributed by atoms with van der Waals surface area (Å²) in [5.74, 6) is 1.91. The molecule has 3 fully saturated rings. The van der Waals surface area contributed by atoms with Gasteiger partial charge < -0.3 is 15.4 Å². The van der Waals surface area contributed by atoms with Crippen LogP contribution in [-0.2, 0) is 6.54 Å². The van der Waals surface area contributed by atoms with Crippen LogP contribution >= 0.6 is 0 Å². The van der Waals surface area contributed by atoms with E-state index in [9.17, 15) is 4.79 Å². The van der Waals surface area contributed by atoms with Crippen molar-refractivity contribution in [1.82, 2.24) is 14.8 Å². The summed E-state index contributed by atoms with van der Waals surface area (Å²) < 4.78 is 5.24. The molecule has 0 spiro atoms. The maximum absolute atomic E-state index is 13.0. The zero-order valence-electron chi connectivity index (χ0n) is 15.7. The number of pyridine rings is 1. The number of piperidine rings is 1. The Bertz CT molecular complexity index is 791. The van der Waals surface area contributed by atoms with E-state index in [2.05, 4.69) is 26.9 Å². The number of aromatic nitrogens is 1. The van der Waals surface area contributed by atoms with E-state index in [1.54, 1.807) is 25.4 Å². The molecule has 2 atom stereocenters. The highest BCUT2D eigenvalue weighted by Gasteiger charge is 2.37. The highest BCUT2D eigenvalue weighted by molar-refractivity contribution is 5.94. The van der Waals surface area contributed by atoms with Gasteiger partial charge in [-0.3, -0.25) is 9.69 Å². The van der Waals surface area contributed by atoms with Gasteiger partial charge in [0.05, 0.1) is 12.7 Å². The number of fused-ring (bicyclic) bond motifs is 4. The first kappa shape index (κ1) is 17.8. The Hall–Kier alpha value is -2.60. The lowest BCUT2D eigenvalue weighted by Gasteiger charge is -2.36. The number of methoxy groups -OCH3 is 1. The third kappa shape index (κ3) is 3.90. The van der Waals surface area contributed by atoms with Crippen molar-refractivity contribution in [2.75, 3.05) is 32.5 Å². The molecule has 0 saturated carbocycles. The second-order valence-electron chi connectivity index (χ2n) is 7.57. The summed E-state index contributed by atoms with van der Waals surface area (Å²) >= 11 is 0. The molecular weight excluding hydrogens is 340 g/mol. The molecule has 1 amide bonds. The molecule has 142 valence electrons. The number of benzene rings is 1. The second kappa shape index (κ2) is 7.56. The zero-order chi connectivity index (χ0) is 18.8. The van der Waals surface area contributed by atoms with Crippen molar-refractivity contribution < 1.29 is 9.53 Å². The average molecular weight is 366 g/mol. The fraction of sp³-hybridized carbons (Fsp3) is 0.429. The van der Waals surface area contributed by atoms with Gasteiger partial charge in [0.2, 0.25) is 0 Å². The van der Waals surface area contributed by atoms with Crippen LogP contribution in [0.15, 0.2) is 42.6 Å². The highest BCUT2D eigenvalue weighted by Crippen LogP contribution is 2.30. The van der Waals surface area contributed by atoms with E-state index in [0.717, 1.165) is 38.3 Å². The molecule has 2 bridgehead atoms. The Morgan fingerprint density at radius 1 is 1.15 bits per heavy atom. The number of rotatable bonds is 4. The first-order valence-electron chi connectivity index (χ1n) is 9.50. The number of amides is 1. The first-order valence-corrected chi connectivity index (χ1v) is 9.50. The van der Waals surface area contributed by atoms with E-state index in [-0.39, 0.29) is 11.9 Å². The maximum Gasteiger partial charge on any atom is 0.255 e. The van der Waals surface area contributed by atoms with Gasteiger partial charge in [-0.05, 0) is 48.6 Å². The van der Waals surface area contributed by atoms with Crippen LogP contribution in [0, 0.1) is 5.92 Å². The Morgan fingerprint density at radius 2 is 1.96 bits per heavy atom. The van der Waals surface area contributed by atoms with Crippen molar-refractivity contribution in [3.8, 4) is 5.75 Å². The molecule has 0 radical (unpaired) electrons. The minimum absolute atomic E-state index is 0.0727. The first-order chi connectivity index (χ1) is 13.1. The molecule has 1 aromatic carbocycles. The predicted octanol–water partition coefficient (Wildman–Crippen LogP) is 2.41. The fourth-order valence-electron chi connectivity index (χ4n) is 4.24. The van der Waals surface area contributed by atoms with Crippen LogP contribution in [-0.4, -0.2) is 53.5 Å². The summed E-state index contributed by atoms with van der Waals surface area (Å²) in [5.41, 5.74) is 7.55. The Balaban J connectivity index is 1.46. The molecule has 4 heterocycles. The van der Waals surface area contributed by atoms with Crippen LogP contribution in [0.4, 0.5) is 5.82 Å². The molecule has 2 N–H and O–H groups in total.